The summed E-state index contributed by atoms with van der Waals surface area (Å²) < 4.78 is 0. The zero-order valence-corrected chi connectivity index (χ0v) is 9.40. The van der Waals surface area contributed by atoms with Crippen LogP contribution in [0.25, 0.3) is 0 Å². The summed E-state index contributed by atoms with van der Waals surface area (Å²) in [5.74, 6) is -0.533. The van der Waals surface area contributed by atoms with Gasteiger partial charge < -0.3 is 10.0 Å². The highest BCUT2D eigenvalue weighted by molar-refractivity contribution is 5.95. The number of nitrogens with zero attached hydrogens (tertiary/aromatic N) is 3. The highest BCUT2D eigenvalue weighted by atomic mass is 16.4. The molecule has 0 fully saturated rings. The van der Waals surface area contributed by atoms with E-state index in [1.54, 1.807) is 25.8 Å². The van der Waals surface area contributed by atoms with Crippen LogP contribution in [0.2, 0.25) is 0 Å². The molecule has 0 saturated carbocycles. The molecule has 1 aromatic heterocycles. The Labute approximate surface area is 88.7 Å². The summed E-state index contributed by atoms with van der Waals surface area (Å²) in [6.07, 6.45) is 0. The number of aromatic nitrogens is 2. The third-order valence-electron chi connectivity index (χ3n) is 2.49. The minimum Gasteiger partial charge on any atom is -0.478 e. The lowest BCUT2D eigenvalue weighted by Gasteiger charge is -2.18. The first-order valence-corrected chi connectivity index (χ1v) is 4.77. The van der Waals surface area contributed by atoms with Crippen LogP contribution < -0.4 is 4.90 Å². The molecule has 1 rings (SSSR count). The van der Waals surface area contributed by atoms with Gasteiger partial charge in [-0.2, -0.15) is 5.10 Å². The molecule has 0 aliphatic heterocycles. The van der Waals surface area contributed by atoms with Crippen molar-refractivity contribution in [1.82, 2.24) is 10.2 Å². The summed E-state index contributed by atoms with van der Waals surface area (Å²) in [4.78, 5) is 12.9. The number of carbonyl (C=O) groups is 1. The largest absolute Gasteiger partial charge is 0.478 e. The molecule has 0 aromatic carbocycles. The monoisotopic (exact) mass is 209 g/mol. The van der Waals surface area contributed by atoms with Crippen LogP contribution in [0.15, 0.2) is 0 Å². The zero-order valence-electron chi connectivity index (χ0n) is 9.40. The molecule has 1 aromatic rings. The Morgan fingerprint density at radius 2 is 2.00 bits per heavy atom. The van der Waals surface area contributed by atoms with Gasteiger partial charge in [-0.15, -0.1) is 5.10 Å². The predicted octanol–water partition coefficient (Wildman–Crippen LogP) is 1.25. The second-order valence-electron chi connectivity index (χ2n) is 3.43. The molecule has 0 atom stereocenters. The van der Waals surface area contributed by atoms with Gasteiger partial charge in [0.15, 0.2) is 5.82 Å². The maximum atomic E-state index is 11.1. The van der Waals surface area contributed by atoms with Crippen molar-refractivity contribution in [2.45, 2.75) is 20.8 Å². The van der Waals surface area contributed by atoms with E-state index < -0.39 is 5.97 Å². The van der Waals surface area contributed by atoms with Gasteiger partial charge in [-0.05, 0) is 26.3 Å². The molecule has 0 spiro atoms. The smallest absolute Gasteiger partial charge is 0.339 e. The third-order valence-corrected chi connectivity index (χ3v) is 2.49. The number of hydrogen-bond acceptors (Lipinski definition) is 4. The van der Waals surface area contributed by atoms with E-state index in [1.165, 1.54) is 0 Å². The molecule has 0 saturated heterocycles. The Kier molecular flexibility index (Phi) is 3.24. The average molecular weight is 209 g/mol. The summed E-state index contributed by atoms with van der Waals surface area (Å²) in [5, 5.41) is 17.0. The number of aryl methyl sites for hydroxylation is 1. The van der Waals surface area contributed by atoms with E-state index in [0.29, 0.717) is 23.6 Å². The number of hydrogen-bond donors (Lipinski definition) is 1. The maximum Gasteiger partial charge on any atom is 0.339 e. The predicted molar refractivity (Wildman–Crippen MR) is 57.4 cm³/mol. The van der Waals surface area contributed by atoms with Gasteiger partial charge in [0, 0.05) is 13.6 Å². The lowest BCUT2D eigenvalue weighted by molar-refractivity contribution is 0.0696. The van der Waals surface area contributed by atoms with Crippen LogP contribution in [0.3, 0.4) is 0 Å². The van der Waals surface area contributed by atoms with Gasteiger partial charge in [-0.1, -0.05) is 0 Å². The van der Waals surface area contributed by atoms with Gasteiger partial charge in [-0.3, -0.25) is 0 Å². The van der Waals surface area contributed by atoms with Crippen molar-refractivity contribution in [1.29, 1.82) is 0 Å². The van der Waals surface area contributed by atoms with E-state index in [1.807, 2.05) is 6.92 Å². The van der Waals surface area contributed by atoms with Gasteiger partial charge in [0.05, 0.1) is 5.69 Å². The van der Waals surface area contributed by atoms with E-state index >= 15 is 0 Å². The highest BCUT2D eigenvalue weighted by Crippen LogP contribution is 2.20. The van der Waals surface area contributed by atoms with E-state index in [0.717, 1.165) is 0 Å². The highest BCUT2D eigenvalue weighted by Gasteiger charge is 2.19. The first-order chi connectivity index (χ1) is 6.99. The quantitative estimate of drug-likeness (QED) is 0.811. The third kappa shape index (κ3) is 2.06. The molecule has 5 heteroatoms. The van der Waals surface area contributed by atoms with Crippen molar-refractivity contribution < 1.29 is 9.90 Å². The molecule has 15 heavy (non-hydrogen) atoms. The van der Waals surface area contributed by atoms with Crippen molar-refractivity contribution in [2.75, 3.05) is 18.5 Å². The fourth-order valence-electron chi connectivity index (χ4n) is 1.27. The fraction of sp³-hybridized carbons (Fsp3) is 0.500. The summed E-state index contributed by atoms with van der Waals surface area (Å²) in [6, 6.07) is 0. The molecule has 82 valence electrons. The van der Waals surface area contributed by atoms with Gasteiger partial charge in [-0.25, -0.2) is 4.79 Å². The topological polar surface area (TPSA) is 66.3 Å². The zero-order chi connectivity index (χ0) is 11.6. The lowest BCUT2D eigenvalue weighted by atomic mass is 10.1. The lowest BCUT2D eigenvalue weighted by Crippen LogP contribution is -2.22. The Bertz CT molecular complexity index is 390. The molecule has 0 unspecified atom stereocenters. The summed E-state index contributed by atoms with van der Waals surface area (Å²) in [7, 11) is 1.80. The average Bonchev–Trinajstić information content (AvgIpc) is 2.20. The van der Waals surface area contributed by atoms with Crippen molar-refractivity contribution in [3.63, 3.8) is 0 Å². The second kappa shape index (κ2) is 4.25. The Balaban J connectivity index is 3.40. The van der Waals surface area contributed by atoms with Crippen LogP contribution >= 0.6 is 0 Å². The summed E-state index contributed by atoms with van der Waals surface area (Å²) in [5.41, 5.74) is 1.57. The molecule has 0 amide bonds. The Hall–Kier alpha value is -1.65. The Morgan fingerprint density at radius 1 is 1.40 bits per heavy atom. The first-order valence-electron chi connectivity index (χ1n) is 4.77. The van der Waals surface area contributed by atoms with E-state index in [-0.39, 0.29) is 5.56 Å². The summed E-state index contributed by atoms with van der Waals surface area (Å²) in [6.45, 7) is 6.13. The minimum absolute atomic E-state index is 0.242. The standard InChI is InChI=1S/C10H15N3O2/c1-5-13(4)9-8(10(14)15)6(2)7(3)11-12-9/h5H2,1-4H3,(H,14,15). The van der Waals surface area contributed by atoms with Crippen LogP contribution in [-0.4, -0.2) is 34.9 Å². The van der Waals surface area contributed by atoms with E-state index in [2.05, 4.69) is 10.2 Å². The molecular weight excluding hydrogens is 194 g/mol. The molecule has 0 aliphatic rings. The van der Waals surface area contributed by atoms with Crippen molar-refractivity contribution in [2.24, 2.45) is 0 Å². The van der Waals surface area contributed by atoms with Crippen LogP contribution in [0.4, 0.5) is 5.82 Å². The second-order valence-corrected chi connectivity index (χ2v) is 3.43. The fourth-order valence-corrected chi connectivity index (χ4v) is 1.27. The van der Waals surface area contributed by atoms with Crippen LogP contribution in [0, 0.1) is 13.8 Å². The van der Waals surface area contributed by atoms with Crippen LogP contribution in [-0.2, 0) is 0 Å². The van der Waals surface area contributed by atoms with Gasteiger partial charge in [0.25, 0.3) is 0 Å². The number of anilines is 1. The molecule has 5 nitrogen and oxygen atoms in total. The molecule has 0 bridgehead atoms. The van der Waals surface area contributed by atoms with Gasteiger partial charge >= 0.3 is 5.97 Å². The van der Waals surface area contributed by atoms with Crippen LogP contribution in [0.1, 0.15) is 28.5 Å². The van der Waals surface area contributed by atoms with Crippen LogP contribution in [0.5, 0.6) is 0 Å². The number of aromatic carboxylic acids is 1. The normalized spacial score (nSPS) is 10.1. The molecule has 1 N–H and O–H groups in total. The van der Waals surface area contributed by atoms with Crippen molar-refractivity contribution >= 4 is 11.8 Å². The number of rotatable bonds is 3. The van der Waals surface area contributed by atoms with Crippen molar-refractivity contribution in [3.05, 3.63) is 16.8 Å². The van der Waals surface area contributed by atoms with Gasteiger partial charge in [0.2, 0.25) is 0 Å². The van der Waals surface area contributed by atoms with Gasteiger partial charge in [0.1, 0.15) is 5.56 Å². The summed E-state index contributed by atoms with van der Waals surface area (Å²) >= 11 is 0. The molecule has 0 radical (unpaired) electrons. The SMILES string of the molecule is CCN(C)c1nnc(C)c(C)c1C(=O)O. The minimum atomic E-state index is -0.958. The van der Waals surface area contributed by atoms with Crippen molar-refractivity contribution in [3.8, 4) is 0 Å². The number of carboxylic acid groups (broad SMARTS) is 1. The Morgan fingerprint density at radius 3 is 2.47 bits per heavy atom. The van der Waals surface area contributed by atoms with E-state index in [4.69, 9.17) is 5.11 Å². The number of carboxylic acids is 1. The molecule has 0 aliphatic carbocycles. The molecular formula is C10H15N3O2. The van der Waals surface area contributed by atoms with E-state index in [9.17, 15) is 4.79 Å². The maximum absolute atomic E-state index is 11.1. The first kappa shape index (κ1) is 11.4. The molecule has 1 heterocycles.